The van der Waals surface area contributed by atoms with Crippen molar-refractivity contribution in [3.63, 3.8) is 0 Å². The molecule has 0 bridgehead atoms. The molecule has 0 atom stereocenters. The maximum Gasteiger partial charge on any atom is 0.433 e. The van der Waals surface area contributed by atoms with Crippen molar-refractivity contribution in [1.82, 2.24) is 4.98 Å². The van der Waals surface area contributed by atoms with Crippen molar-refractivity contribution >= 4 is 11.6 Å². The molecule has 0 saturated heterocycles. The molecule has 0 amide bonds. The zero-order chi connectivity index (χ0) is 19.3. The zero-order valence-corrected chi connectivity index (χ0v) is 15.2. The van der Waals surface area contributed by atoms with Gasteiger partial charge in [-0.15, -0.1) is 0 Å². The number of carbonyl (C=O) groups is 1. The molecule has 0 unspecified atom stereocenters. The number of benzene rings is 1. The molecule has 0 fully saturated rings. The number of Topliss-reactive ketones (excluding diaryl/α,β-unsaturated/α-hetero) is 1. The number of aromatic nitrogens is 1. The van der Waals surface area contributed by atoms with Gasteiger partial charge in [-0.05, 0) is 56.0 Å². The third-order valence-corrected chi connectivity index (χ3v) is 4.24. The Morgan fingerprint density at radius 2 is 1.65 bits per heavy atom. The largest absolute Gasteiger partial charge is 0.433 e. The number of hydrogen-bond donors (Lipinski definition) is 0. The number of hydrogen-bond acceptors (Lipinski definition) is 3. The van der Waals surface area contributed by atoms with Crippen molar-refractivity contribution < 1.29 is 18.0 Å². The number of anilines is 1. The molecule has 1 heterocycles. The summed E-state index contributed by atoms with van der Waals surface area (Å²) in [6, 6.07) is 10.0. The fourth-order valence-corrected chi connectivity index (χ4v) is 2.72. The van der Waals surface area contributed by atoms with Crippen LogP contribution >= 0.6 is 0 Å². The Bertz CT molecular complexity index is 751. The van der Waals surface area contributed by atoms with Gasteiger partial charge in [-0.1, -0.05) is 24.3 Å². The molecular formula is C20H23F3N2O. The number of rotatable bonds is 7. The molecule has 0 aliphatic rings. The van der Waals surface area contributed by atoms with Gasteiger partial charge in [0.1, 0.15) is 17.3 Å². The summed E-state index contributed by atoms with van der Waals surface area (Å²) >= 11 is 0. The van der Waals surface area contributed by atoms with Crippen LogP contribution in [0.3, 0.4) is 0 Å². The average molecular weight is 364 g/mol. The van der Waals surface area contributed by atoms with E-state index in [-0.39, 0.29) is 5.78 Å². The zero-order valence-electron chi connectivity index (χ0n) is 15.2. The van der Waals surface area contributed by atoms with E-state index in [0.29, 0.717) is 42.9 Å². The number of halogens is 3. The van der Waals surface area contributed by atoms with Gasteiger partial charge in [0.2, 0.25) is 0 Å². The van der Waals surface area contributed by atoms with E-state index in [1.54, 1.807) is 30.0 Å². The highest BCUT2D eigenvalue weighted by Crippen LogP contribution is 2.33. The van der Waals surface area contributed by atoms with Gasteiger partial charge in [-0.2, -0.15) is 13.2 Å². The lowest BCUT2D eigenvalue weighted by molar-refractivity contribution is -0.141. The van der Waals surface area contributed by atoms with Gasteiger partial charge >= 0.3 is 6.18 Å². The van der Waals surface area contributed by atoms with Crippen molar-refractivity contribution in [1.29, 1.82) is 0 Å². The molecule has 140 valence electrons. The van der Waals surface area contributed by atoms with Crippen molar-refractivity contribution in [3.8, 4) is 11.1 Å². The molecule has 2 rings (SSSR count). The first-order valence-electron chi connectivity index (χ1n) is 8.67. The SMILES string of the molecule is CCN(CC)c1cc(-c2ccc(CCC(C)=O)cc2)cc(C(F)(F)F)n1. The van der Waals surface area contributed by atoms with E-state index in [4.69, 9.17) is 0 Å². The summed E-state index contributed by atoms with van der Waals surface area (Å²) in [5.41, 5.74) is 1.26. The Balaban J connectivity index is 2.41. The number of ketones is 1. The summed E-state index contributed by atoms with van der Waals surface area (Å²) in [5, 5.41) is 0. The fraction of sp³-hybridized carbons (Fsp3) is 0.400. The number of carbonyl (C=O) groups excluding carboxylic acids is 1. The van der Waals surface area contributed by atoms with Crippen LogP contribution < -0.4 is 4.90 Å². The monoisotopic (exact) mass is 364 g/mol. The van der Waals surface area contributed by atoms with Crippen molar-refractivity contribution in [2.24, 2.45) is 0 Å². The molecule has 1 aromatic heterocycles. The highest BCUT2D eigenvalue weighted by molar-refractivity contribution is 5.75. The minimum atomic E-state index is -4.50. The molecule has 0 aliphatic carbocycles. The molecule has 6 heteroatoms. The first kappa shape index (κ1) is 19.9. The highest BCUT2D eigenvalue weighted by atomic mass is 19.4. The summed E-state index contributed by atoms with van der Waals surface area (Å²) in [6.07, 6.45) is -3.41. The minimum Gasteiger partial charge on any atom is -0.357 e. The Morgan fingerprint density at radius 3 is 2.15 bits per heavy atom. The van der Waals surface area contributed by atoms with E-state index in [1.165, 1.54) is 0 Å². The van der Waals surface area contributed by atoms with Crippen molar-refractivity contribution in [2.75, 3.05) is 18.0 Å². The van der Waals surface area contributed by atoms with Gasteiger partial charge in [0.25, 0.3) is 0 Å². The molecular weight excluding hydrogens is 341 g/mol. The summed E-state index contributed by atoms with van der Waals surface area (Å²) in [5.74, 6) is 0.433. The second kappa shape index (κ2) is 8.34. The van der Waals surface area contributed by atoms with E-state index < -0.39 is 11.9 Å². The number of aryl methyl sites for hydroxylation is 1. The van der Waals surface area contributed by atoms with Crippen LogP contribution in [0.15, 0.2) is 36.4 Å². The van der Waals surface area contributed by atoms with Crippen LogP contribution in [0, 0.1) is 0 Å². The second-order valence-corrected chi connectivity index (χ2v) is 6.17. The third-order valence-electron chi connectivity index (χ3n) is 4.24. The van der Waals surface area contributed by atoms with Gasteiger partial charge in [0, 0.05) is 19.5 Å². The van der Waals surface area contributed by atoms with Gasteiger partial charge < -0.3 is 9.69 Å². The smallest absolute Gasteiger partial charge is 0.357 e. The van der Waals surface area contributed by atoms with E-state index >= 15 is 0 Å². The topological polar surface area (TPSA) is 33.2 Å². The Hall–Kier alpha value is -2.37. The van der Waals surface area contributed by atoms with Crippen LogP contribution in [0.1, 0.15) is 38.4 Å². The summed E-state index contributed by atoms with van der Waals surface area (Å²) < 4.78 is 39.8. The van der Waals surface area contributed by atoms with Crippen molar-refractivity contribution in [2.45, 2.75) is 39.8 Å². The predicted octanol–water partition coefficient (Wildman–Crippen LogP) is 5.14. The highest BCUT2D eigenvalue weighted by Gasteiger charge is 2.33. The lowest BCUT2D eigenvalue weighted by Gasteiger charge is -2.22. The van der Waals surface area contributed by atoms with E-state index in [9.17, 15) is 18.0 Å². The summed E-state index contributed by atoms with van der Waals surface area (Å²) in [7, 11) is 0. The molecule has 26 heavy (non-hydrogen) atoms. The molecule has 0 saturated carbocycles. The standard InChI is InChI=1S/C20H23F3N2O/c1-4-25(5-2)19-13-17(12-18(24-19)20(21,22)23)16-10-8-15(9-11-16)7-6-14(3)26/h8-13H,4-7H2,1-3H3. The third kappa shape index (κ3) is 5.07. The second-order valence-electron chi connectivity index (χ2n) is 6.17. The molecule has 0 aliphatic heterocycles. The maximum atomic E-state index is 13.3. The first-order chi connectivity index (χ1) is 12.2. The molecule has 3 nitrogen and oxygen atoms in total. The quantitative estimate of drug-likeness (QED) is 0.682. The Morgan fingerprint density at radius 1 is 1.04 bits per heavy atom. The van der Waals surface area contributed by atoms with E-state index in [1.807, 2.05) is 26.0 Å². The van der Waals surface area contributed by atoms with E-state index in [2.05, 4.69) is 4.98 Å². The fourth-order valence-electron chi connectivity index (χ4n) is 2.72. The van der Waals surface area contributed by atoms with Crippen LogP contribution in [-0.4, -0.2) is 23.9 Å². The Kier molecular flexibility index (Phi) is 6.40. The summed E-state index contributed by atoms with van der Waals surface area (Å²) in [4.78, 5) is 16.7. The van der Waals surface area contributed by atoms with Gasteiger partial charge in [-0.25, -0.2) is 4.98 Å². The van der Waals surface area contributed by atoms with Gasteiger partial charge in [-0.3, -0.25) is 0 Å². The van der Waals surface area contributed by atoms with Crippen LogP contribution in [0.4, 0.5) is 19.0 Å². The molecule has 1 aromatic carbocycles. The van der Waals surface area contributed by atoms with Crippen molar-refractivity contribution in [3.05, 3.63) is 47.7 Å². The molecule has 2 aromatic rings. The molecule has 0 radical (unpaired) electrons. The number of nitrogens with zero attached hydrogens (tertiary/aromatic N) is 2. The maximum absolute atomic E-state index is 13.3. The van der Waals surface area contributed by atoms with Crippen LogP contribution in [0.25, 0.3) is 11.1 Å². The molecule has 0 N–H and O–H groups in total. The number of alkyl halides is 3. The summed E-state index contributed by atoms with van der Waals surface area (Å²) in [6.45, 7) is 6.46. The first-order valence-corrected chi connectivity index (χ1v) is 8.67. The van der Waals surface area contributed by atoms with Crippen LogP contribution in [-0.2, 0) is 17.4 Å². The normalized spacial score (nSPS) is 11.5. The lowest BCUT2D eigenvalue weighted by Crippen LogP contribution is -2.24. The van der Waals surface area contributed by atoms with Gasteiger partial charge in [0.05, 0.1) is 0 Å². The lowest BCUT2D eigenvalue weighted by atomic mass is 10.0. The Labute approximate surface area is 151 Å². The van der Waals surface area contributed by atoms with Gasteiger partial charge in [0.15, 0.2) is 0 Å². The van der Waals surface area contributed by atoms with E-state index in [0.717, 1.165) is 11.6 Å². The average Bonchev–Trinajstić information content (AvgIpc) is 2.60. The van der Waals surface area contributed by atoms with Crippen LogP contribution in [0.5, 0.6) is 0 Å². The predicted molar refractivity (Wildman–Crippen MR) is 97.2 cm³/mol. The van der Waals surface area contributed by atoms with Crippen LogP contribution in [0.2, 0.25) is 0 Å². The number of pyridine rings is 1. The minimum absolute atomic E-state index is 0.113. The molecule has 0 spiro atoms.